The third kappa shape index (κ3) is 3.55. The predicted molar refractivity (Wildman–Crippen MR) is 77.0 cm³/mol. The van der Waals surface area contributed by atoms with E-state index in [2.05, 4.69) is 4.72 Å². The van der Waals surface area contributed by atoms with Gasteiger partial charge in [0.25, 0.3) is 0 Å². The molecule has 1 aromatic rings. The fraction of sp³-hybridized carbons (Fsp3) is 0.308. The molecule has 1 aromatic carbocycles. The standard InChI is InChI=1S/C13H14ClNO5S/c1-20-12-5-4-10(7-11(12)14)21(18,19)15-9-3-2-8(6-9)13(16)17/h2-5,7-9,15H,6H2,1H3,(H,16,17). The number of nitrogens with one attached hydrogen (secondary N) is 1. The lowest BCUT2D eigenvalue weighted by molar-refractivity contribution is -0.140. The summed E-state index contributed by atoms with van der Waals surface area (Å²) in [6, 6.07) is 3.58. The lowest BCUT2D eigenvalue weighted by Crippen LogP contribution is -2.33. The number of halogens is 1. The summed E-state index contributed by atoms with van der Waals surface area (Å²) in [6.07, 6.45) is 3.22. The molecule has 114 valence electrons. The van der Waals surface area contributed by atoms with Gasteiger partial charge in [0.05, 0.1) is 22.9 Å². The number of rotatable bonds is 5. The maximum atomic E-state index is 12.2. The van der Waals surface area contributed by atoms with E-state index in [4.69, 9.17) is 21.4 Å². The molecule has 0 bridgehead atoms. The van der Waals surface area contributed by atoms with E-state index in [-0.39, 0.29) is 16.3 Å². The molecule has 0 fully saturated rings. The van der Waals surface area contributed by atoms with Crippen LogP contribution >= 0.6 is 11.6 Å². The zero-order valence-electron chi connectivity index (χ0n) is 11.1. The van der Waals surface area contributed by atoms with Crippen LogP contribution in [0.2, 0.25) is 5.02 Å². The fourth-order valence-corrected chi connectivity index (χ4v) is 3.60. The number of aliphatic carboxylic acids is 1. The van der Waals surface area contributed by atoms with Crippen LogP contribution in [0, 0.1) is 5.92 Å². The molecule has 0 radical (unpaired) electrons. The van der Waals surface area contributed by atoms with Crippen LogP contribution in [0.4, 0.5) is 0 Å². The average molecular weight is 332 g/mol. The fourth-order valence-electron chi connectivity index (χ4n) is 2.05. The second-order valence-corrected chi connectivity index (χ2v) is 6.71. The molecular weight excluding hydrogens is 318 g/mol. The highest BCUT2D eigenvalue weighted by atomic mass is 35.5. The predicted octanol–water partition coefficient (Wildman–Crippen LogP) is 1.66. The number of methoxy groups -OCH3 is 1. The molecule has 21 heavy (non-hydrogen) atoms. The lowest BCUT2D eigenvalue weighted by Gasteiger charge is -2.13. The first-order valence-electron chi connectivity index (χ1n) is 6.10. The van der Waals surface area contributed by atoms with Crippen LogP contribution in [0.1, 0.15) is 6.42 Å². The molecule has 0 aromatic heterocycles. The Kier molecular flexibility index (Phi) is 4.55. The van der Waals surface area contributed by atoms with E-state index in [1.807, 2.05) is 0 Å². The molecule has 0 aliphatic heterocycles. The minimum Gasteiger partial charge on any atom is -0.495 e. The summed E-state index contributed by atoms with van der Waals surface area (Å²) in [6.45, 7) is 0. The van der Waals surface area contributed by atoms with Crippen molar-refractivity contribution >= 4 is 27.6 Å². The molecule has 0 spiro atoms. The maximum Gasteiger partial charge on any atom is 0.310 e. The summed E-state index contributed by atoms with van der Waals surface area (Å²) in [4.78, 5) is 10.8. The Labute approximate surface area is 127 Å². The highest BCUT2D eigenvalue weighted by Gasteiger charge is 2.28. The minimum atomic E-state index is -3.77. The molecule has 0 saturated carbocycles. The van der Waals surface area contributed by atoms with Crippen molar-refractivity contribution in [3.63, 3.8) is 0 Å². The summed E-state index contributed by atoms with van der Waals surface area (Å²) < 4.78 is 31.9. The monoisotopic (exact) mass is 331 g/mol. The Bertz CT molecular complexity index is 686. The van der Waals surface area contributed by atoms with E-state index in [9.17, 15) is 13.2 Å². The Balaban J connectivity index is 2.15. The van der Waals surface area contributed by atoms with Gasteiger partial charge >= 0.3 is 5.97 Å². The summed E-state index contributed by atoms with van der Waals surface area (Å²) >= 11 is 5.91. The molecular formula is C13H14ClNO5S. The zero-order chi connectivity index (χ0) is 15.6. The maximum absolute atomic E-state index is 12.2. The Morgan fingerprint density at radius 3 is 2.67 bits per heavy atom. The number of hydrogen-bond donors (Lipinski definition) is 2. The van der Waals surface area contributed by atoms with Crippen LogP contribution in [0.25, 0.3) is 0 Å². The highest BCUT2D eigenvalue weighted by molar-refractivity contribution is 7.89. The van der Waals surface area contributed by atoms with Gasteiger partial charge in [0, 0.05) is 6.04 Å². The second kappa shape index (κ2) is 6.05. The first-order chi connectivity index (χ1) is 9.83. The number of carbonyl (C=O) groups is 1. The van der Waals surface area contributed by atoms with Crippen molar-refractivity contribution in [3.8, 4) is 5.75 Å². The number of ether oxygens (including phenoxy) is 1. The molecule has 0 saturated heterocycles. The van der Waals surface area contributed by atoms with Crippen molar-refractivity contribution in [2.45, 2.75) is 17.4 Å². The van der Waals surface area contributed by atoms with Crippen molar-refractivity contribution < 1.29 is 23.1 Å². The summed E-state index contributed by atoms with van der Waals surface area (Å²) in [5.41, 5.74) is 0. The zero-order valence-corrected chi connectivity index (χ0v) is 12.7. The topological polar surface area (TPSA) is 92.7 Å². The van der Waals surface area contributed by atoms with Gasteiger partial charge in [-0.3, -0.25) is 4.79 Å². The third-order valence-electron chi connectivity index (χ3n) is 3.14. The Morgan fingerprint density at radius 1 is 1.43 bits per heavy atom. The smallest absolute Gasteiger partial charge is 0.310 e. The summed E-state index contributed by atoms with van der Waals surface area (Å²) in [5.74, 6) is -1.26. The van der Waals surface area contributed by atoms with Gasteiger partial charge in [-0.2, -0.15) is 0 Å². The number of carboxylic acid groups (broad SMARTS) is 1. The van der Waals surface area contributed by atoms with Crippen LogP contribution in [0.15, 0.2) is 35.2 Å². The largest absolute Gasteiger partial charge is 0.495 e. The number of carboxylic acids is 1. The van der Waals surface area contributed by atoms with Gasteiger partial charge in [-0.15, -0.1) is 0 Å². The first kappa shape index (κ1) is 15.8. The third-order valence-corrected chi connectivity index (χ3v) is 4.92. The molecule has 2 atom stereocenters. The molecule has 6 nitrogen and oxygen atoms in total. The Hall–Kier alpha value is -1.57. The van der Waals surface area contributed by atoms with Crippen LogP contribution < -0.4 is 9.46 Å². The Morgan fingerprint density at radius 2 is 2.14 bits per heavy atom. The minimum absolute atomic E-state index is 0.000440. The van der Waals surface area contributed by atoms with Crippen LogP contribution in [0.5, 0.6) is 5.75 Å². The molecule has 2 rings (SSSR count). The van der Waals surface area contributed by atoms with Gasteiger partial charge in [0.1, 0.15) is 5.75 Å². The van der Waals surface area contributed by atoms with Gasteiger partial charge in [-0.1, -0.05) is 23.8 Å². The molecule has 0 heterocycles. The van der Waals surface area contributed by atoms with Crippen molar-refractivity contribution in [3.05, 3.63) is 35.4 Å². The highest BCUT2D eigenvalue weighted by Crippen LogP contribution is 2.27. The van der Waals surface area contributed by atoms with Gasteiger partial charge in [0.2, 0.25) is 10.0 Å². The molecule has 8 heteroatoms. The summed E-state index contributed by atoms with van der Waals surface area (Å²) in [7, 11) is -2.34. The molecule has 2 unspecified atom stereocenters. The lowest BCUT2D eigenvalue weighted by atomic mass is 10.1. The van der Waals surface area contributed by atoms with Crippen molar-refractivity contribution in [1.29, 1.82) is 0 Å². The molecule has 1 aliphatic carbocycles. The van der Waals surface area contributed by atoms with Crippen LogP contribution in [-0.2, 0) is 14.8 Å². The van der Waals surface area contributed by atoms with Crippen LogP contribution in [-0.4, -0.2) is 32.6 Å². The van der Waals surface area contributed by atoms with E-state index in [0.29, 0.717) is 5.75 Å². The van der Waals surface area contributed by atoms with Gasteiger partial charge in [0.15, 0.2) is 0 Å². The van der Waals surface area contributed by atoms with E-state index >= 15 is 0 Å². The normalized spacial score (nSPS) is 21.4. The number of hydrogen-bond acceptors (Lipinski definition) is 4. The second-order valence-electron chi connectivity index (χ2n) is 4.59. The van der Waals surface area contributed by atoms with Crippen molar-refractivity contribution in [2.75, 3.05) is 7.11 Å². The first-order valence-corrected chi connectivity index (χ1v) is 7.96. The van der Waals surface area contributed by atoms with Gasteiger partial charge in [-0.05, 0) is 24.6 Å². The van der Waals surface area contributed by atoms with Crippen molar-refractivity contribution in [1.82, 2.24) is 4.72 Å². The SMILES string of the molecule is COc1ccc(S(=O)(=O)NC2C=CC(C(=O)O)C2)cc1Cl. The molecule has 0 amide bonds. The van der Waals surface area contributed by atoms with E-state index in [0.717, 1.165) is 0 Å². The number of benzene rings is 1. The molecule has 1 aliphatic rings. The van der Waals surface area contributed by atoms with E-state index < -0.39 is 28.0 Å². The van der Waals surface area contributed by atoms with Gasteiger partial charge < -0.3 is 9.84 Å². The number of sulfonamides is 1. The molecule has 2 N–H and O–H groups in total. The van der Waals surface area contributed by atoms with Crippen molar-refractivity contribution in [2.24, 2.45) is 5.92 Å². The quantitative estimate of drug-likeness (QED) is 0.800. The van der Waals surface area contributed by atoms with Crippen LogP contribution in [0.3, 0.4) is 0 Å². The van der Waals surface area contributed by atoms with E-state index in [1.165, 1.54) is 31.4 Å². The summed E-state index contributed by atoms with van der Waals surface area (Å²) in [5, 5.41) is 9.07. The van der Waals surface area contributed by atoms with E-state index in [1.54, 1.807) is 6.08 Å². The average Bonchev–Trinajstić information content (AvgIpc) is 2.86. The van der Waals surface area contributed by atoms with Gasteiger partial charge in [-0.25, -0.2) is 13.1 Å².